The molecule has 0 aliphatic rings. The van der Waals surface area contributed by atoms with Crippen molar-refractivity contribution >= 4 is 17.6 Å². The van der Waals surface area contributed by atoms with Crippen LogP contribution in [-0.2, 0) is 4.79 Å². The third-order valence-corrected chi connectivity index (χ3v) is 2.78. The van der Waals surface area contributed by atoms with E-state index in [9.17, 15) is 24.8 Å². The molecule has 1 heterocycles. The Hall–Kier alpha value is -3.16. The van der Waals surface area contributed by atoms with E-state index >= 15 is 0 Å². The molecule has 0 bridgehead atoms. The predicted molar refractivity (Wildman–Crippen MR) is 71.7 cm³/mol. The summed E-state index contributed by atoms with van der Waals surface area (Å²) in [5, 5.41) is 22.0. The molecule has 0 radical (unpaired) electrons. The van der Waals surface area contributed by atoms with Crippen LogP contribution >= 0.6 is 0 Å². The van der Waals surface area contributed by atoms with E-state index in [0.29, 0.717) is 5.56 Å². The Morgan fingerprint density at radius 1 is 1.29 bits per heavy atom. The van der Waals surface area contributed by atoms with Crippen LogP contribution in [0, 0.1) is 10.1 Å². The summed E-state index contributed by atoms with van der Waals surface area (Å²) in [5.74, 6) is -1.96. The second-order valence-electron chi connectivity index (χ2n) is 4.18. The minimum absolute atomic E-state index is 0.0797. The van der Waals surface area contributed by atoms with Gasteiger partial charge in [0.25, 0.3) is 11.6 Å². The van der Waals surface area contributed by atoms with E-state index in [4.69, 9.17) is 0 Å². The smallest absolute Gasteiger partial charge is 0.330 e. The first-order chi connectivity index (χ1) is 9.99. The molecule has 8 nitrogen and oxygen atoms in total. The summed E-state index contributed by atoms with van der Waals surface area (Å²) in [4.78, 5) is 35.5. The van der Waals surface area contributed by atoms with Crippen LogP contribution < -0.4 is 5.32 Å². The van der Waals surface area contributed by atoms with E-state index in [1.807, 2.05) is 0 Å². The third-order valence-electron chi connectivity index (χ3n) is 2.78. The molecule has 2 aromatic rings. The lowest BCUT2D eigenvalue weighted by Crippen LogP contribution is -2.33. The Bertz CT molecular complexity index is 680. The van der Waals surface area contributed by atoms with Gasteiger partial charge in [0.1, 0.15) is 5.69 Å². The molecular formula is C13H11N3O5. The highest BCUT2D eigenvalue weighted by atomic mass is 16.6. The number of aromatic amines is 1. The van der Waals surface area contributed by atoms with Crippen molar-refractivity contribution < 1.29 is 19.6 Å². The fraction of sp³-hybridized carbons (Fsp3) is 0.0769. The van der Waals surface area contributed by atoms with Crippen molar-refractivity contribution in [3.05, 3.63) is 64.0 Å². The number of hydrogen-bond donors (Lipinski definition) is 3. The molecule has 1 atom stereocenters. The van der Waals surface area contributed by atoms with E-state index in [-0.39, 0.29) is 11.4 Å². The highest BCUT2D eigenvalue weighted by Gasteiger charge is 2.24. The maximum Gasteiger partial charge on any atom is 0.330 e. The molecular weight excluding hydrogens is 278 g/mol. The molecule has 8 heteroatoms. The maximum atomic E-state index is 11.9. The molecule has 1 amide bonds. The molecule has 0 saturated heterocycles. The van der Waals surface area contributed by atoms with Crippen LogP contribution in [0.4, 0.5) is 5.69 Å². The Labute approximate surface area is 118 Å². The Morgan fingerprint density at radius 2 is 1.95 bits per heavy atom. The van der Waals surface area contributed by atoms with Crippen molar-refractivity contribution in [1.82, 2.24) is 10.3 Å². The number of amides is 1. The number of nitro groups is 1. The largest absolute Gasteiger partial charge is 0.479 e. The van der Waals surface area contributed by atoms with E-state index < -0.39 is 22.8 Å². The number of aliphatic carboxylic acids is 1. The second kappa shape index (κ2) is 5.87. The van der Waals surface area contributed by atoms with E-state index in [1.54, 1.807) is 30.3 Å². The first-order valence-corrected chi connectivity index (χ1v) is 5.90. The summed E-state index contributed by atoms with van der Waals surface area (Å²) in [7, 11) is 0. The van der Waals surface area contributed by atoms with Crippen molar-refractivity contribution in [2.24, 2.45) is 0 Å². The van der Waals surface area contributed by atoms with Crippen LogP contribution in [0.5, 0.6) is 0 Å². The second-order valence-corrected chi connectivity index (χ2v) is 4.18. The zero-order valence-corrected chi connectivity index (χ0v) is 10.6. The zero-order valence-electron chi connectivity index (χ0n) is 10.6. The molecule has 0 spiro atoms. The summed E-state index contributed by atoms with van der Waals surface area (Å²) in [6.45, 7) is 0. The lowest BCUT2D eigenvalue weighted by atomic mass is 10.1. The number of carboxylic acid groups (broad SMARTS) is 1. The molecule has 1 aromatic heterocycles. The van der Waals surface area contributed by atoms with Gasteiger partial charge in [-0.2, -0.15) is 0 Å². The zero-order chi connectivity index (χ0) is 15.4. The number of benzene rings is 1. The monoisotopic (exact) mass is 289 g/mol. The molecule has 108 valence electrons. The summed E-state index contributed by atoms with van der Waals surface area (Å²) < 4.78 is 0. The van der Waals surface area contributed by atoms with E-state index in [2.05, 4.69) is 10.3 Å². The van der Waals surface area contributed by atoms with Gasteiger partial charge in [-0.15, -0.1) is 0 Å². The van der Waals surface area contributed by atoms with Crippen LogP contribution in [0.2, 0.25) is 0 Å². The summed E-state index contributed by atoms with van der Waals surface area (Å²) >= 11 is 0. The van der Waals surface area contributed by atoms with Crippen molar-refractivity contribution in [2.75, 3.05) is 0 Å². The van der Waals surface area contributed by atoms with Gasteiger partial charge in [-0.05, 0) is 5.56 Å². The lowest BCUT2D eigenvalue weighted by Gasteiger charge is -2.14. The number of aromatic nitrogens is 1. The molecule has 2 rings (SSSR count). The van der Waals surface area contributed by atoms with Gasteiger partial charge in [-0.3, -0.25) is 14.9 Å². The lowest BCUT2D eigenvalue weighted by molar-refractivity contribution is -0.384. The number of nitrogens with one attached hydrogen (secondary N) is 2. The van der Waals surface area contributed by atoms with Crippen LogP contribution in [0.25, 0.3) is 0 Å². The Kier molecular flexibility index (Phi) is 3.98. The molecule has 3 N–H and O–H groups in total. The summed E-state index contributed by atoms with van der Waals surface area (Å²) in [6.07, 6.45) is 1.06. The predicted octanol–water partition coefficient (Wildman–Crippen LogP) is 1.48. The quantitative estimate of drug-likeness (QED) is 0.567. The third kappa shape index (κ3) is 3.24. The van der Waals surface area contributed by atoms with E-state index in [1.165, 1.54) is 0 Å². The number of carbonyl (C=O) groups is 2. The summed E-state index contributed by atoms with van der Waals surface area (Å²) in [5.41, 5.74) is 0.0509. The Morgan fingerprint density at radius 3 is 2.48 bits per heavy atom. The molecule has 1 unspecified atom stereocenters. The van der Waals surface area contributed by atoms with Crippen molar-refractivity contribution in [1.29, 1.82) is 0 Å². The standard InChI is InChI=1S/C13H11N3O5/c17-12(10-6-9(7-14-10)16(20)21)15-11(13(18)19)8-4-2-1-3-5-8/h1-7,11,14H,(H,15,17)(H,18,19). The number of nitrogens with zero attached hydrogens (tertiary/aromatic N) is 1. The Balaban J connectivity index is 2.19. The number of rotatable bonds is 5. The van der Waals surface area contributed by atoms with Crippen LogP contribution in [0.3, 0.4) is 0 Å². The maximum absolute atomic E-state index is 11.9. The van der Waals surface area contributed by atoms with Crippen LogP contribution in [0.15, 0.2) is 42.6 Å². The minimum atomic E-state index is -1.24. The van der Waals surface area contributed by atoms with Gasteiger partial charge in [0.15, 0.2) is 6.04 Å². The molecule has 0 aliphatic carbocycles. The first-order valence-electron chi connectivity index (χ1n) is 5.90. The number of H-pyrrole nitrogens is 1. The highest BCUT2D eigenvalue weighted by molar-refractivity contribution is 5.95. The van der Waals surface area contributed by atoms with Gasteiger partial charge in [-0.1, -0.05) is 30.3 Å². The van der Waals surface area contributed by atoms with Gasteiger partial charge in [0.2, 0.25) is 0 Å². The molecule has 0 fully saturated rings. The van der Waals surface area contributed by atoms with Crippen LogP contribution in [-0.4, -0.2) is 26.9 Å². The first kappa shape index (κ1) is 14.3. The summed E-state index contributed by atoms with van der Waals surface area (Å²) in [6, 6.07) is 7.96. The van der Waals surface area contributed by atoms with Crippen LogP contribution in [0.1, 0.15) is 22.1 Å². The topological polar surface area (TPSA) is 125 Å². The van der Waals surface area contributed by atoms with Crippen molar-refractivity contribution in [3.8, 4) is 0 Å². The van der Waals surface area contributed by atoms with Gasteiger partial charge in [-0.25, -0.2) is 4.79 Å². The van der Waals surface area contributed by atoms with Gasteiger partial charge < -0.3 is 15.4 Å². The number of hydrogen-bond acceptors (Lipinski definition) is 4. The average Bonchev–Trinajstić information content (AvgIpc) is 2.95. The van der Waals surface area contributed by atoms with Crippen molar-refractivity contribution in [3.63, 3.8) is 0 Å². The molecule has 21 heavy (non-hydrogen) atoms. The number of carboxylic acids is 1. The average molecular weight is 289 g/mol. The normalized spacial score (nSPS) is 11.6. The highest BCUT2D eigenvalue weighted by Crippen LogP contribution is 2.16. The van der Waals surface area contributed by atoms with Gasteiger partial charge in [0.05, 0.1) is 11.1 Å². The van der Waals surface area contributed by atoms with Gasteiger partial charge >= 0.3 is 5.97 Å². The molecule has 0 saturated carbocycles. The SMILES string of the molecule is O=C(NC(C(=O)O)c1ccccc1)c1cc([N+](=O)[O-])c[nH]1. The van der Waals surface area contributed by atoms with Gasteiger partial charge in [0, 0.05) is 6.07 Å². The number of carbonyl (C=O) groups excluding carboxylic acids is 1. The minimum Gasteiger partial charge on any atom is -0.479 e. The fourth-order valence-corrected chi connectivity index (χ4v) is 1.76. The fourth-order valence-electron chi connectivity index (χ4n) is 1.76. The molecule has 0 aliphatic heterocycles. The van der Waals surface area contributed by atoms with E-state index in [0.717, 1.165) is 12.3 Å². The van der Waals surface area contributed by atoms with Crippen molar-refractivity contribution in [2.45, 2.75) is 6.04 Å². The molecule has 1 aromatic carbocycles.